The minimum Gasteiger partial charge on any atom is -0.550 e. The van der Waals surface area contributed by atoms with Crippen LogP contribution in [-0.2, 0) is 16.9 Å². The second-order valence-electron chi connectivity index (χ2n) is 8.22. The molecule has 0 radical (unpaired) electrons. The van der Waals surface area contributed by atoms with Crippen LogP contribution in [0.5, 0.6) is 0 Å². The summed E-state index contributed by atoms with van der Waals surface area (Å²) in [4.78, 5) is 8.89. The first kappa shape index (κ1) is 23.7. The van der Waals surface area contributed by atoms with Crippen LogP contribution in [0.1, 0.15) is 87.5 Å². The summed E-state index contributed by atoms with van der Waals surface area (Å²) in [6, 6.07) is 0. The van der Waals surface area contributed by atoms with Crippen LogP contribution in [0.2, 0.25) is 0 Å². The average molecular weight is 353 g/mol. The molecule has 0 aliphatic rings. The quantitative estimate of drug-likeness (QED) is 0.633. The van der Waals surface area contributed by atoms with Gasteiger partial charge in [-0.1, -0.05) is 47.5 Å². The second-order valence-corrected chi connectivity index (χ2v) is 8.22. The molecule has 1 aromatic rings. The van der Waals surface area contributed by atoms with Crippen LogP contribution in [0.4, 0.5) is 0 Å². The molecule has 0 saturated carbocycles. The highest BCUT2D eigenvalue weighted by molar-refractivity contribution is 5.60. The lowest BCUT2D eigenvalue weighted by atomic mass is 9.72. The number of nitrogens with zero attached hydrogens (tertiary/aromatic N) is 2. The fraction of sp³-hybridized carbons (Fsp3) is 0.810. The lowest BCUT2D eigenvalue weighted by Gasteiger charge is -2.38. The van der Waals surface area contributed by atoms with E-state index >= 15 is 0 Å². The molecule has 0 aromatic carbocycles. The fourth-order valence-corrected chi connectivity index (χ4v) is 2.83. The van der Waals surface area contributed by atoms with Crippen molar-refractivity contribution in [2.45, 2.75) is 99.6 Å². The summed E-state index contributed by atoms with van der Waals surface area (Å²) < 4.78 is 4.79. The van der Waals surface area contributed by atoms with E-state index in [4.69, 9.17) is 9.90 Å². The summed E-state index contributed by atoms with van der Waals surface area (Å²) >= 11 is 0. The zero-order valence-corrected chi connectivity index (χ0v) is 17.8. The number of imidazole rings is 1. The van der Waals surface area contributed by atoms with Crippen LogP contribution in [0.3, 0.4) is 0 Å². The van der Waals surface area contributed by atoms with Crippen molar-refractivity contribution in [1.82, 2.24) is 4.57 Å². The molecular formula is C21H40N2O2. The number of carboxylic acid groups (broad SMARTS) is 1. The number of rotatable bonds is 9. The maximum atomic E-state index is 8.89. The highest BCUT2D eigenvalue weighted by atomic mass is 16.4. The number of aliphatic carboxylic acids is 1. The van der Waals surface area contributed by atoms with Crippen LogP contribution >= 0.6 is 0 Å². The van der Waals surface area contributed by atoms with Crippen LogP contribution in [-0.4, -0.2) is 10.5 Å². The molecule has 0 spiro atoms. The molecule has 0 saturated heterocycles. The van der Waals surface area contributed by atoms with Gasteiger partial charge in [-0.05, 0) is 46.0 Å². The molecule has 4 heteroatoms. The molecule has 1 aromatic heterocycles. The first-order chi connectivity index (χ1) is 11.5. The topological polar surface area (TPSA) is 48.9 Å². The minimum absolute atomic E-state index is 0.137. The third-order valence-electron chi connectivity index (χ3n) is 5.89. The molecule has 1 rings (SSSR count). The van der Waals surface area contributed by atoms with Gasteiger partial charge >= 0.3 is 0 Å². The summed E-state index contributed by atoms with van der Waals surface area (Å²) in [5.41, 5.74) is 0.425. The maximum absolute atomic E-state index is 8.89. The molecule has 25 heavy (non-hydrogen) atoms. The standard InChI is InChI=1S/C19H37N2.C2H4O2/c1-8-11-12-17(9-2)15-20-13-14-21(16-20)19(6,7)18(4,5)10-3;1-2(3)4/h13-14,16-17H,8-12,15H2,1-7H3;1H3,(H,3,4)/q+1;/p-1. The Morgan fingerprint density at radius 3 is 2.20 bits per heavy atom. The largest absolute Gasteiger partial charge is 0.550 e. The predicted octanol–water partition coefficient (Wildman–Crippen LogP) is 3.92. The molecule has 0 amide bonds. The first-order valence-corrected chi connectivity index (χ1v) is 9.76. The van der Waals surface area contributed by atoms with E-state index in [0.29, 0.717) is 0 Å². The average Bonchev–Trinajstić information content (AvgIpc) is 2.99. The zero-order valence-electron chi connectivity index (χ0n) is 17.8. The van der Waals surface area contributed by atoms with Crippen molar-refractivity contribution in [2.75, 3.05) is 0 Å². The summed E-state index contributed by atoms with van der Waals surface area (Å²) in [6.45, 7) is 18.5. The van der Waals surface area contributed by atoms with Crippen LogP contribution < -0.4 is 9.67 Å². The fourth-order valence-electron chi connectivity index (χ4n) is 2.83. The van der Waals surface area contributed by atoms with Gasteiger partial charge in [0.1, 0.15) is 17.9 Å². The van der Waals surface area contributed by atoms with Crippen molar-refractivity contribution >= 4 is 5.97 Å². The number of aromatic nitrogens is 2. The Morgan fingerprint density at radius 1 is 1.20 bits per heavy atom. The number of carbonyl (C=O) groups excluding carboxylic acids is 1. The number of carboxylic acids is 1. The Hall–Kier alpha value is -1.32. The van der Waals surface area contributed by atoms with E-state index in [1.807, 2.05) is 0 Å². The Balaban J connectivity index is 0.00000129. The van der Waals surface area contributed by atoms with E-state index in [1.165, 1.54) is 32.1 Å². The molecule has 0 fully saturated rings. The van der Waals surface area contributed by atoms with Crippen LogP contribution in [0.15, 0.2) is 18.7 Å². The molecule has 0 aliphatic heterocycles. The van der Waals surface area contributed by atoms with Gasteiger partial charge in [-0.2, -0.15) is 0 Å². The molecule has 0 aliphatic carbocycles. The highest BCUT2D eigenvalue weighted by Gasteiger charge is 2.41. The van der Waals surface area contributed by atoms with Crippen molar-refractivity contribution in [2.24, 2.45) is 11.3 Å². The third kappa shape index (κ3) is 7.62. The van der Waals surface area contributed by atoms with Gasteiger partial charge in [0.25, 0.3) is 0 Å². The van der Waals surface area contributed by atoms with Gasteiger partial charge in [-0.3, -0.25) is 0 Å². The Morgan fingerprint density at radius 2 is 1.76 bits per heavy atom. The number of carbonyl (C=O) groups is 1. The van der Waals surface area contributed by atoms with Crippen LogP contribution in [0.25, 0.3) is 0 Å². The van der Waals surface area contributed by atoms with Gasteiger partial charge in [0.2, 0.25) is 6.33 Å². The first-order valence-electron chi connectivity index (χ1n) is 9.76. The second kappa shape index (κ2) is 10.6. The SMILES string of the molecule is CC(=O)[O-].CCCCC(CC)C[n+]1ccn(C(C)(C)C(C)(C)CC)c1. The van der Waals surface area contributed by atoms with Gasteiger partial charge in [-0.25, -0.2) is 9.13 Å². The highest BCUT2D eigenvalue weighted by Crippen LogP contribution is 2.39. The lowest BCUT2D eigenvalue weighted by molar-refractivity contribution is -0.703. The van der Waals surface area contributed by atoms with E-state index in [2.05, 4.69) is 76.3 Å². The van der Waals surface area contributed by atoms with E-state index in [-0.39, 0.29) is 11.0 Å². The van der Waals surface area contributed by atoms with Crippen molar-refractivity contribution in [3.63, 3.8) is 0 Å². The van der Waals surface area contributed by atoms with Crippen molar-refractivity contribution < 1.29 is 14.5 Å². The predicted molar refractivity (Wildman–Crippen MR) is 102 cm³/mol. The Bertz CT molecular complexity index is 500. The summed E-state index contributed by atoms with van der Waals surface area (Å²) in [7, 11) is 0. The lowest BCUT2D eigenvalue weighted by Crippen LogP contribution is -2.43. The molecule has 0 N–H and O–H groups in total. The van der Waals surface area contributed by atoms with E-state index < -0.39 is 5.97 Å². The minimum atomic E-state index is -1.08. The van der Waals surface area contributed by atoms with E-state index in [1.54, 1.807) is 0 Å². The third-order valence-corrected chi connectivity index (χ3v) is 5.89. The van der Waals surface area contributed by atoms with Gasteiger partial charge in [0, 0.05) is 11.4 Å². The van der Waals surface area contributed by atoms with E-state index in [9.17, 15) is 0 Å². The smallest absolute Gasteiger partial charge is 0.244 e. The summed E-state index contributed by atoms with van der Waals surface area (Å²) in [5.74, 6) is -0.270. The molecule has 1 atom stereocenters. The van der Waals surface area contributed by atoms with Crippen LogP contribution in [0, 0.1) is 11.3 Å². The summed E-state index contributed by atoms with van der Waals surface area (Å²) in [6.07, 6.45) is 13.3. The number of hydrogen-bond acceptors (Lipinski definition) is 2. The molecule has 1 unspecified atom stereocenters. The van der Waals surface area contributed by atoms with Crippen molar-refractivity contribution in [3.8, 4) is 0 Å². The van der Waals surface area contributed by atoms with Crippen molar-refractivity contribution in [3.05, 3.63) is 18.7 Å². The van der Waals surface area contributed by atoms with Crippen molar-refractivity contribution in [1.29, 1.82) is 0 Å². The molecule has 0 bridgehead atoms. The monoisotopic (exact) mass is 352 g/mol. The van der Waals surface area contributed by atoms with E-state index in [0.717, 1.165) is 19.4 Å². The molecule has 146 valence electrons. The molecule has 1 heterocycles. The Kier molecular flexibility index (Phi) is 10.1. The number of unbranched alkanes of at least 4 members (excludes halogenated alkanes) is 1. The summed E-state index contributed by atoms with van der Waals surface area (Å²) in [5, 5.41) is 8.89. The maximum Gasteiger partial charge on any atom is 0.244 e. The Labute approximate surface area is 155 Å². The van der Waals surface area contributed by atoms with Gasteiger partial charge in [0.15, 0.2) is 0 Å². The van der Waals surface area contributed by atoms with Gasteiger partial charge in [-0.15, -0.1) is 0 Å². The molecular weight excluding hydrogens is 312 g/mol. The normalized spacial score (nSPS) is 13.1. The molecule has 4 nitrogen and oxygen atoms in total. The van der Waals surface area contributed by atoms with Gasteiger partial charge in [0.05, 0.1) is 6.54 Å². The number of hydrogen-bond donors (Lipinski definition) is 0. The van der Waals surface area contributed by atoms with Gasteiger partial charge < -0.3 is 9.90 Å². The zero-order chi connectivity index (χ0) is 19.7.